The highest BCUT2D eigenvalue weighted by atomic mass is 16.5. The Morgan fingerprint density at radius 2 is 1.18 bits per heavy atom. The summed E-state index contributed by atoms with van der Waals surface area (Å²) < 4.78 is 10.7. The van der Waals surface area contributed by atoms with E-state index in [1.807, 2.05) is 91.9 Å². The maximum Gasteiger partial charge on any atom is 0.407 e. The van der Waals surface area contributed by atoms with Crippen molar-refractivity contribution < 1.29 is 33.4 Å². The van der Waals surface area contributed by atoms with E-state index in [0.29, 0.717) is 54.0 Å². The first-order valence-corrected chi connectivity index (χ1v) is 18.3. The van der Waals surface area contributed by atoms with Crippen LogP contribution in [0.2, 0.25) is 0 Å². The molecule has 0 spiro atoms. The number of anilines is 3. The highest BCUT2D eigenvalue weighted by molar-refractivity contribution is 6.00. The molecule has 12 nitrogen and oxygen atoms in total. The quantitative estimate of drug-likeness (QED) is 0.0478. The van der Waals surface area contributed by atoms with Crippen molar-refractivity contribution in [1.82, 2.24) is 10.6 Å². The lowest BCUT2D eigenvalue weighted by Gasteiger charge is -2.19. The number of carbonyl (C=O) groups excluding carboxylic acids is 5. The van der Waals surface area contributed by atoms with Crippen LogP contribution in [0.4, 0.5) is 26.7 Å². The van der Waals surface area contributed by atoms with Gasteiger partial charge in [-0.1, -0.05) is 91.0 Å². The summed E-state index contributed by atoms with van der Waals surface area (Å²) in [5.74, 6) is -1.31. The van der Waals surface area contributed by atoms with Crippen molar-refractivity contribution in [3.05, 3.63) is 161 Å². The van der Waals surface area contributed by atoms with E-state index >= 15 is 0 Å². The van der Waals surface area contributed by atoms with Gasteiger partial charge in [0.15, 0.2) is 0 Å². The largest absolute Gasteiger partial charge is 0.457 e. The van der Waals surface area contributed by atoms with Crippen LogP contribution in [0.5, 0.6) is 0 Å². The highest BCUT2D eigenvalue weighted by Gasteiger charge is 2.21. The molecule has 0 unspecified atom stereocenters. The monoisotopic (exact) mass is 755 g/mol. The molecule has 5 aromatic carbocycles. The van der Waals surface area contributed by atoms with Gasteiger partial charge in [-0.25, -0.2) is 14.4 Å². The minimum atomic E-state index is -0.894. The zero-order chi connectivity index (χ0) is 39.5. The molecule has 12 heteroatoms. The predicted molar refractivity (Wildman–Crippen MR) is 215 cm³/mol. The van der Waals surface area contributed by atoms with Crippen LogP contribution in [0.3, 0.4) is 0 Å². The van der Waals surface area contributed by atoms with Crippen molar-refractivity contribution in [2.75, 3.05) is 22.5 Å². The number of urea groups is 1. The summed E-state index contributed by atoms with van der Waals surface area (Å²) >= 11 is 0. The Kier molecular flexibility index (Phi) is 15.1. The van der Waals surface area contributed by atoms with Crippen LogP contribution in [0, 0.1) is 6.92 Å². The first-order chi connectivity index (χ1) is 27.2. The minimum absolute atomic E-state index is 0.00589. The van der Waals surface area contributed by atoms with Gasteiger partial charge in [0.25, 0.3) is 0 Å². The molecule has 0 saturated carbocycles. The van der Waals surface area contributed by atoms with E-state index in [9.17, 15) is 24.0 Å². The number of para-hydroxylation sites is 1. The summed E-state index contributed by atoms with van der Waals surface area (Å²) in [5.41, 5.74) is 5.36. The highest BCUT2D eigenvalue weighted by Crippen LogP contribution is 2.17. The third kappa shape index (κ3) is 13.5. The third-order valence-corrected chi connectivity index (χ3v) is 8.62. The molecule has 0 aromatic heterocycles. The Morgan fingerprint density at radius 1 is 0.589 bits per heavy atom. The SMILES string of the molecule is Cc1ccccc1NC(=O)Nc1ccc(CC(=O)N[C@@H](CCCCNC(=O)OCc2ccccc2)C(=O)Nc2ccc(C(=O)OCc3ccccc3)cc2)cc1. The number of amides is 5. The number of nitrogens with one attached hydrogen (secondary N) is 5. The molecule has 0 radical (unpaired) electrons. The van der Waals surface area contributed by atoms with Gasteiger partial charge in [-0.2, -0.15) is 0 Å². The first-order valence-electron chi connectivity index (χ1n) is 18.3. The van der Waals surface area contributed by atoms with Gasteiger partial charge in [0.05, 0.1) is 12.0 Å². The molecule has 0 aliphatic carbocycles. The number of benzene rings is 5. The van der Waals surface area contributed by atoms with E-state index in [4.69, 9.17) is 9.47 Å². The van der Waals surface area contributed by atoms with Crippen molar-refractivity contribution in [3.63, 3.8) is 0 Å². The van der Waals surface area contributed by atoms with Gasteiger partial charge in [0.2, 0.25) is 11.8 Å². The molecule has 0 saturated heterocycles. The Morgan fingerprint density at radius 3 is 1.84 bits per heavy atom. The smallest absolute Gasteiger partial charge is 0.407 e. The number of aryl methyl sites for hydroxylation is 1. The second kappa shape index (κ2) is 21.1. The second-order valence-corrected chi connectivity index (χ2v) is 13.0. The predicted octanol–water partition coefficient (Wildman–Crippen LogP) is 7.76. The van der Waals surface area contributed by atoms with E-state index in [2.05, 4.69) is 26.6 Å². The number of unbranched alkanes of at least 4 members (excludes halogenated alkanes) is 1. The van der Waals surface area contributed by atoms with E-state index in [0.717, 1.165) is 16.7 Å². The molecule has 5 aromatic rings. The molecular formula is C44H45N5O7. The number of rotatable bonds is 17. The van der Waals surface area contributed by atoms with Crippen LogP contribution in [-0.4, -0.2) is 42.5 Å². The van der Waals surface area contributed by atoms with Crippen LogP contribution < -0.4 is 26.6 Å². The van der Waals surface area contributed by atoms with E-state index in [-0.39, 0.29) is 25.5 Å². The summed E-state index contributed by atoms with van der Waals surface area (Å²) in [5, 5.41) is 14.0. The molecule has 56 heavy (non-hydrogen) atoms. The Balaban J connectivity index is 1.13. The fourth-order valence-electron chi connectivity index (χ4n) is 5.57. The first kappa shape index (κ1) is 40.2. The summed E-state index contributed by atoms with van der Waals surface area (Å²) in [6.45, 7) is 2.51. The molecule has 5 N–H and O–H groups in total. The van der Waals surface area contributed by atoms with Crippen molar-refractivity contribution in [1.29, 1.82) is 0 Å². The third-order valence-electron chi connectivity index (χ3n) is 8.62. The number of carbonyl (C=O) groups is 5. The topological polar surface area (TPSA) is 164 Å². The van der Waals surface area contributed by atoms with Gasteiger partial charge in [-0.05, 0) is 90.9 Å². The summed E-state index contributed by atoms with van der Waals surface area (Å²) in [6, 6.07) is 38.0. The maximum absolute atomic E-state index is 13.5. The average Bonchev–Trinajstić information content (AvgIpc) is 3.21. The second-order valence-electron chi connectivity index (χ2n) is 13.0. The van der Waals surface area contributed by atoms with Crippen molar-refractivity contribution >= 4 is 47.0 Å². The zero-order valence-corrected chi connectivity index (χ0v) is 31.1. The summed E-state index contributed by atoms with van der Waals surface area (Å²) in [6.07, 6.45) is 0.784. The maximum atomic E-state index is 13.5. The van der Waals surface area contributed by atoms with Crippen LogP contribution in [0.25, 0.3) is 0 Å². The Bertz CT molecular complexity index is 2060. The lowest BCUT2D eigenvalue weighted by atomic mass is 10.1. The van der Waals surface area contributed by atoms with Crippen molar-refractivity contribution in [2.45, 2.75) is 51.9 Å². The lowest BCUT2D eigenvalue weighted by Crippen LogP contribution is -2.44. The number of alkyl carbamates (subject to hydrolysis) is 1. The number of ether oxygens (including phenoxy) is 2. The molecule has 0 bridgehead atoms. The molecule has 288 valence electrons. The van der Waals surface area contributed by atoms with Gasteiger partial charge < -0.3 is 36.1 Å². The number of hydrogen-bond donors (Lipinski definition) is 5. The molecule has 0 heterocycles. The fraction of sp³-hybridized carbons (Fsp3) is 0.205. The molecule has 0 aliphatic heterocycles. The summed E-state index contributed by atoms with van der Waals surface area (Å²) in [7, 11) is 0. The Labute approximate surface area is 326 Å². The fourth-order valence-corrected chi connectivity index (χ4v) is 5.57. The van der Waals surface area contributed by atoms with Crippen LogP contribution in [0.15, 0.2) is 133 Å². The van der Waals surface area contributed by atoms with Crippen LogP contribution in [0.1, 0.15) is 51.9 Å². The summed E-state index contributed by atoms with van der Waals surface area (Å²) in [4.78, 5) is 64.0. The molecule has 0 fully saturated rings. The molecule has 5 rings (SSSR count). The lowest BCUT2D eigenvalue weighted by molar-refractivity contribution is -0.126. The van der Waals surface area contributed by atoms with Gasteiger partial charge in [0, 0.05) is 23.6 Å². The van der Waals surface area contributed by atoms with Crippen LogP contribution in [-0.2, 0) is 38.7 Å². The molecule has 0 aliphatic rings. The van der Waals surface area contributed by atoms with Crippen molar-refractivity contribution in [2.24, 2.45) is 0 Å². The number of esters is 1. The Hall–Kier alpha value is -6.95. The average molecular weight is 756 g/mol. The van der Waals surface area contributed by atoms with Gasteiger partial charge in [-0.15, -0.1) is 0 Å². The zero-order valence-electron chi connectivity index (χ0n) is 31.1. The molecule has 1 atom stereocenters. The van der Waals surface area contributed by atoms with Crippen molar-refractivity contribution in [3.8, 4) is 0 Å². The van der Waals surface area contributed by atoms with E-state index < -0.39 is 30.0 Å². The van der Waals surface area contributed by atoms with Gasteiger partial charge in [-0.3, -0.25) is 9.59 Å². The van der Waals surface area contributed by atoms with Crippen LogP contribution >= 0.6 is 0 Å². The van der Waals surface area contributed by atoms with Gasteiger partial charge >= 0.3 is 18.1 Å². The normalized spacial score (nSPS) is 11.0. The molecule has 5 amide bonds. The molecular weight excluding hydrogens is 711 g/mol. The van der Waals surface area contributed by atoms with E-state index in [1.54, 1.807) is 48.5 Å². The minimum Gasteiger partial charge on any atom is -0.457 e. The standard InChI is InChI=1S/C44H45N5O7/c1-31-12-8-9-17-38(31)49-43(53)47-37-23-19-32(20-24-37)28-40(50)48-39(18-10-11-27-45-44(54)56-30-34-15-6-3-7-16-34)41(51)46-36-25-21-35(22-26-36)42(52)55-29-33-13-4-2-5-14-33/h2-9,12-17,19-26,39H,10-11,18,27-30H2,1H3,(H,45,54)(H,46,51)(H,48,50)(H2,47,49,53)/t39-/m0/s1. The van der Waals surface area contributed by atoms with Gasteiger partial charge in [0.1, 0.15) is 19.3 Å². The van der Waals surface area contributed by atoms with E-state index in [1.165, 1.54) is 0 Å². The number of hydrogen-bond acceptors (Lipinski definition) is 7.